The van der Waals surface area contributed by atoms with Gasteiger partial charge in [-0.15, -0.1) is 0 Å². The van der Waals surface area contributed by atoms with Crippen molar-refractivity contribution in [2.45, 2.75) is 19.6 Å². The fourth-order valence-corrected chi connectivity index (χ4v) is 3.95. The summed E-state index contributed by atoms with van der Waals surface area (Å²) in [5.74, 6) is 1.32. The van der Waals surface area contributed by atoms with Gasteiger partial charge in [0, 0.05) is 63.3 Å². The first kappa shape index (κ1) is 23.2. The van der Waals surface area contributed by atoms with Crippen LogP contribution in [-0.2, 0) is 12.7 Å². The molecule has 3 heterocycles. The fraction of sp³-hybridized carbons (Fsp3) is 0.435. The van der Waals surface area contributed by atoms with Crippen molar-refractivity contribution in [1.29, 1.82) is 0 Å². The van der Waals surface area contributed by atoms with Gasteiger partial charge in [-0.2, -0.15) is 13.2 Å². The molecule has 176 valence electrons. The minimum Gasteiger partial charge on any atom is -0.359 e. The number of piperazine rings is 1. The number of hydrogen-bond acceptors (Lipinski definition) is 7. The highest BCUT2D eigenvalue weighted by atomic mass is 19.4. The standard InChI is InChI=1S/C23H27F3N6O/c1-2-30(10-11-31-12-14-32(15-13-31)22-27-8-5-9-28-22)17-18-16-21(29-33-18)19-6-3-4-7-20(19)23(24,25)26/h3-9,16H,2,10-15,17H2,1H3. The molecule has 0 unspecified atom stereocenters. The highest BCUT2D eigenvalue weighted by Gasteiger charge is 2.34. The molecule has 1 aliphatic heterocycles. The largest absolute Gasteiger partial charge is 0.417 e. The summed E-state index contributed by atoms with van der Waals surface area (Å²) >= 11 is 0. The van der Waals surface area contributed by atoms with Gasteiger partial charge in [-0.1, -0.05) is 30.3 Å². The lowest BCUT2D eigenvalue weighted by molar-refractivity contribution is -0.137. The molecular formula is C23H27F3N6O. The van der Waals surface area contributed by atoms with E-state index in [4.69, 9.17) is 4.52 Å². The maximum absolute atomic E-state index is 13.3. The van der Waals surface area contributed by atoms with Crippen molar-refractivity contribution in [2.24, 2.45) is 0 Å². The maximum Gasteiger partial charge on any atom is 0.417 e. The molecular weight excluding hydrogens is 433 g/mol. The number of nitrogens with zero attached hydrogens (tertiary/aromatic N) is 6. The third kappa shape index (κ3) is 5.88. The summed E-state index contributed by atoms with van der Waals surface area (Å²) in [7, 11) is 0. The summed E-state index contributed by atoms with van der Waals surface area (Å²) in [5, 5.41) is 3.91. The Hall–Kier alpha value is -2.98. The van der Waals surface area contributed by atoms with Gasteiger partial charge in [0.2, 0.25) is 5.95 Å². The third-order valence-corrected chi connectivity index (χ3v) is 5.83. The Labute approximate surface area is 190 Å². The lowest BCUT2D eigenvalue weighted by Gasteiger charge is -2.35. The van der Waals surface area contributed by atoms with Crippen molar-refractivity contribution >= 4 is 5.95 Å². The second kappa shape index (κ2) is 10.3. The van der Waals surface area contributed by atoms with E-state index >= 15 is 0 Å². The van der Waals surface area contributed by atoms with Crippen LogP contribution in [-0.4, -0.2) is 70.7 Å². The van der Waals surface area contributed by atoms with Gasteiger partial charge in [-0.05, 0) is 18.7 Å². The van der Waals surface area contributed by atoms with Gasteiger partial charge >= 0.3 is 6.18 Å². The molecule has 0 aliphatic carbocycles. The quantitative estimate of drug-likeness (QED) is 0.507. The number of hydrogen-bond donors (Lipinski definition) is 0. The summed E-state index contributed by atoms with van der Waals surface area (Å²) < 4.78 is 45.3. The molecule has 33 heavy (non-hydrogen) atoms. The zero-order chi connectivity index (χ0) is 23.3. The van der Waals surface area contributed by atoms with E-state index < -0.39 is 11.7 Å². The monoisotopic (exact) mass is 460 g/mol. The Bertz CT molecular complexity index is 1020. The first-order valence-electron chi connectivity index (χ1n) is 11.0. The molecule has 1 aliphatic rings. The first-order valence-corrected chi connectivity index (χ1v) is 11.0. The second-order valence-corrected chi connectivity index (χ2v) is 7.97. The van der Waals surface area contributed by atoms with Crippen LogP contribution in [0.5, 0.6) is 0 Å². The van der Waals surface area contributed by atoms with E-state index in [1.54, 1.807) is 24.5 Å². The lowest BCUT2D eigenvalue weighted by atomic mass is 10.0. The molecule has 0 spiro atoms. The molecule has 0 atom stereocenters. The third-order valence-electron chi connectivity index (χ3n) is 5.83. The molecule has 4 rings (SSSR count). The van der Waals surface area contributed by atoms with Crippen LogP contribution in [0.25, 0.3) is 11.3 Å². The van der Waals surface area contributed by atoms with E-state index in [-0.39, 0.29) is 11.3 Å². The van der Waals surface area contributed by atoms with Gasteiger partial charge in [0.1, 0.15) is 5.69 Å². The molecule has 10 heteroatoms. The number of anilines is 1. The Morgan fingerprint density at radius 1 is 1.03 bits per heavy atom. The van der Waals surface area contributed by atoms with E-state index in [1.807, 2.05) is 6.07 Å². The number of likely N-dealkylation sites (N-methyl/N-ethyl adjacent to an activating group) is 1. The topological polar surface area (TPSA) is 61.5 Å². The number of benzene rings is 1. The summed E-state index contributed by atoms with van der Waals surface area (Å²) in [6, 6.07) is 8.84. The molecule has 0 N–H and O–H groups in total. The summed E-state index contributed by atoms with van der Waals surface area (Å²) in [6.07, 6.45) is -0.934. The van der Waals surface area contributed by atoms with Crippen molar-refractivity contribution < 1.29 is 17.7 Å². The molecule has 0 saturated carbocycles. The molecule has 1 saturated heterocycles. The lowest BCUT2D eigenvalue weighted by Crippen LogP contribution is -2.48. The summed E-state index contributed by atoms with van der Waals surface area (Å²) in [5.41, 5.74) is -0.478. The van der Waals surface area contributed by atoms with Crippen molar-refractivity contribution in [1.82, 2.24) is 24.9 Å². The fourth-order valence-electron chi connectivity index (χ4n) is 3.95. The Morgan fingerprint density at radius 3 is 2.45 bits per heavy atom. The summed E-state index contributed by atoms with van der Waals surface area (Å²) in [4.78, 5) is 15.4. The minimum atomic E-state index is -4.44. The number of alkyl halides is 3. The van der Waals surface area contributed by atoms with Crippen LogP contribution in [0.15, 0.2) is 53.3 Å². The maximum atomic E-state index is 13.3. The van der Waals surface area contributed by atoms with E-state index in [1.165, 1.54) is 12.1 Å². The molecule has 7 nitrogen and oxygen atoms in total. The van der Waals surface area contributed by atoms with Crippen molar-refractivity contribution in [3.8, 4) is 11.3 Å². The summed E-state index contributed by atoms with van der Waals surface area (Å²) in [6.45, 7) is 8.68. The molecule has 0 radical (unpaired) electrons. The molecule has 2 aromatic heterocycles. The van der Waals surface area contributed by atoms with Crippen molar-refractivity contribution in [3.63, 3.8) is 0 Å². The minimum absolute atomic E-state index is 0.0308. The van der Waals surface area contributed by atoms with Gasteiger partial charge in [0.15, 0.2) is 5.76 Å². The van der Waals surface area contributed by atoms with Crippen LogP contribution in [0.3, 0.4) is 0 Å². The number of rotatable bonds is 8. The van der Waals surface area contributed by atoms with Crippen LogP contribution in [0.4, 0.5) is 19.1 Å². The van der Waals surface area contributed by atoms with Gasteiger partial charge in [-0.25, -0.2) is 9.97 Å². The smallest absolute Gasteiger partial charge is 0.359 e. The van der Waals surface area contributed by atoms with Crippen LogP contribution >= 0.6 is 0 Å². The van der Waals surface area contributed by atoms with Gasteiger partial charge in [-0.3, -0.25) is 9.80 Å². The van der Waals surface area contributed by atoms with Gasteiger partial charge < -0.3 is 9.42 Å². The van der Waals surface area contributed by atoms with Crippen LogP contribution in [0.2, 0.25) is 0 Å². The van der Waals surface area contributed by atoms with Gasteiger partial charge in [0.05, 0.1) is 12.1 Å². The second-order valence-electron chi connectivity index (χ2n) is 7.97. The van der Waals surface area contributed by atoms with Crippen LogP contribution in [0.1, 0.15) is 18.2 Å². The van der Waals surface area contributed by atoms with E-state index in [9.17, 15) is 13.2 Å². The average molecular weight is 461 g/mol. The Kier molecular flexibility index (Phi) is 7.24. The SMILES string of the molecule is CCN(CCN1CCN(c2ncccn2)CC1)Cc1cc(-c2ccccc2C(F)(F)F)no1. The molecule has 3 aromatic rings. The van der Waals surface area contributed by atoms with E-state index in [2.05, 4.69) is 36.7 Å². The highest BCUT2D eigenvalue weighted by Crippen LogP contribution is 2.36. The molecule has 1 aromatic carbocycles. The predicted octanol–water partition coefficient (Wildman–Crippen LogP) is 3.79. The Balaban J connectivity index is 1.31. The highest BCUT2D eigenvalue weighted by molar-refractivity contribution is 5.64. The van der Waals surface area contributed by atoms with Gasteiger partial charge in [0.25, 0.3) is 0 Å². The normalized spacial score (nSPS) is 15.4. The molecule has 1 fully saturated rings. The molecule has 0 amide bonds. The first-order chi connectivity index (χ1) is 15.9. The zero-order valence-electron chi connectivity index (χ0n) is 18.5. The van der Waals surface area contributed by atoms with Crippen molar-refractivity contribution in [2.75, 3.05) is 50.7 Å². The average Bonchev–Trinajstić information content (AvgIpc) is 3.30. The zero-order valence-corrected chi connectivity index (χ0v) is 18.5. The predicted molar refractivity (Wildman–Crippen MR) is 119 cm³/mol. The van der Waals surface area contributed by atoms with Crippen molar-refractivity contribution in [3.05, 3.63) is 60.1 Å². The number of halogens is 3. The Morgan fingerprint density at radius 2 is 1.76 bits per heavy atom. The van der Waals surface area contributed by atoms with Crippen LogP contribution < -0.4 is 4.90 Å². The molecule has 0 bridgehead atoms. The van der Waals surface area contributed by atoms with E-state index in [0.717, 1.165) is 57.8 Å². The van der Waals surface area contributed by atoms with E-state index in [0.29, 0.717) is 12.3 Å². The number of aromatic nitrogens is 3. The van der Waals surface area contributed by atoms with Crippen LogP contribution in [0, 0.1) is 0 Å².